The van der Waals surface area contributed by atoms with Crippen molar-refractivity contribution in [1.82, 2.24) is 0 Å². The Bertz CT molecular complexity index is 572. The van der Waals surface area contributed by atoms with Gasteiger partial charge in [-0.3, -0.25) is 0 Å². The average Bonchev–Trinajstić information content (AvgIpc) is 3.30. The topological polar surface area (TPSA) is 32.3 Å². The molecule has 1 aliphatic rings. The van der Waals surface area contributed by atoms with E-state index in [-0.39, 0.29) is 12.6 Å². The van der Waals surface area contributed by atoms with Gasteiger partial charge in [0.15, 0.2) is 0 Å². The Balaban J connectivity index is 1.75. The molecule has 2 nitrogen and oxygen atoms in total. The maximum absolute atomic E-state index is 9.64. The highest BCUT2D eigenvalue weighted by Gasteiger charge is 2.23. The second kappa shape index (κ2) is 5.68. The third kappa shape index (κ3) is 3.02. The number of anilines is 1. The van der Waals surface area contributed by atoms with Crippen molar-refractivity contribution in [2.45, 2.75) is 31.7 Å². The molecule has 2 aromatic carbocycles. The summed E-state index contributed by atoms with van der Waals surface area (Å²) >= 11 is 0. The summed E-state index contributed by atoms with van der Waals surface area (Å²) in [5.74, 6) is 0.779. The van der Waals surface area contributed by atoms with E-state index in [9.17, 15) is 5.11 Å². The van der Waals surface area contributed by atoms with E-state index < -0.39 is 0 Å². The summed E-state index contributed by atoms with van der Waals surface area (Å²) in [7, 11) is 0. The molecule has 104 valence electrons. The van der Waals surface area contributed by atoms with E-state index in [4.69, 9.17) is 0 Å². The van der Waals surface area contributed by atoms with Crippen molar-refractivity contribution in [3.05, 3.63) is 65.2 Å². The van der Waals surface area contributed by atoms with Gasteiger partial charge in [-0.1, -0.05) is 36.4 Å². The zero-order valence-electron chi connectivity index (χ0n) is 11.8. The molecule has 0 spiro atoms. The average molecular weight is 267 g/mol. The molecule has 1 aliphatic carbocycles. The van der Waals surface area contributed by atoms with Crippen LogP contribution in [0, 0.1) is 6.92 Å². The first kappa shape index (κ1) is 13.2. The maximum Gasteiger partial charge on any atom is 0.0745 e. The first-order chi connectivity index (χ1) is 9.76. The molecule has 3 rings (SSSR count). The van der Waals surface area contributed by atoms with Crippen LogP contribution >= 0.6 is 0 Å². The van der Waals surface area contributed by atoms with Crippen LogP contribution in [0.4, 0.5) is 5.69 Å². The third-order valence-electron chi connectivity index (χ3n) is 3.93. The van der Waals surface area contributed by atoms with Crippen LogP contribution < -0.4 is 5.32 Å². The van der Waals surface area contributed by atoms with Gasteiger partial charge in [0.05, 0.1) is 12.6 Å². The molecule has 0 aliphatic heterocycles. The zero-order valence-corrected chi connectivity index (χ0v) is 11.8. The molecule has 0 amide bonds. The zero-order chi connectivity index (χ0) is 13.9. The van der Waals surface area contributed by atoms with Gasteiger partial charge in [0, 0.05) is 5.69 Å². The fourth-order valence-electron chi connectivity index (χ4n) is 2.59. The molecule has 0 heterocycles. The van der Waals surface area contributed by atoms with Crippen LogP contribution in [0.3, 0.4) is 0 Å². The molecule has 2 N–H and O–H groups in total. The van der Waals surface area contributed by atoms with Gasteiger partial charge in [0.25, 0.3) is 0 Å². The molecule has 0 saturated heterocycles. The highest BCUT2D eigenvalue weighted by Crippen LogP contribution is 2.40. The fourth-order valence-corrected chi connectivity index (χ4v) is 2.59. The molecular formula is C18H21NO. The van der Waals surface area contributed by atoms with Crippen LogP contribution in [0.5, 0.6) is 0 Å². The number of aliphatic hydroxyl groups is 1. The van der Waals surface area contributed by atoms with Crippen LogP contribution in [0.2, 0.25) is 0 Å². The van der Waals surface area contributed by atoms with Gasteiger partial charge in [-0.15, -0.1) is 0 Å². The first-order valence-corrected chi connectivity index (χ1v) is 7.30. The number of benzene rings is 2. The molecular weight excluding hydrogens is 246 g/mol. The second-order valence-corrected chi connectivity index (χ2v) is 5.69. The van der Waals surface area contributed by atoms with Crippen molar-refractivity contribution in [1.29, 1.82) is 0 Å². The molecule has 1 atom stereocenters. The first-order valence-electron chi connectivity index (χ1n) is 7.30. The molecule has 2 aromatic rings. The number of hydrogen-bond acceptors (Lipinski definition) is 2. The van der Waals surface area contributed by atoms with Crippen molar-refractivity contribution in [2.24, 2.45) is 0 Å². The van der Waals surface area contributed by atoms with E-state index in [1.54, 1.807) is 0 Å². The molecule has 1 unspecified atom stereocenters. The lowest BCUT2D eigenvalue weighted by molar-refractivity contribution is 0.276. The van der Waals surface area contributed by atoms with Crippen LogP contribution in [0.25, 0.3) is 0 Å². The number of hydrogen-bond donors (Lipinski definition) is 2. The van der Waals surface area contributed by atoms with Gasteiger partial charge in [-0.05, 0) is 54.5 Å². The van der Waals surface area contributed by atoms with E-state index in [0.29, 0.717) is 0 Å². The number of aryl methyl sites for hydroxylation is 1. The van der Waals surface area contributed by atoms with E-state index >= 15 is 0 Å². The Morgan fingerprint density at radius 2 is 1.90 bits per heavy atom. The monoisotopic (exact) mass is 267 g/mol. The lowest BCUT2D eigenvalue weighted by Gasteiger charge is -2.18. The van der Waals surface area contributed by atoms with Crippen molar-refractivity contribution >= 4 is 5.69 Å². The summed E-state index contributed by atoms with van der Waals surface area (Å²) in [6.45, 7) is 2.17. The lowest BCUT2D eigenvalue weighted by Crippen LogP contribution is -2.14. The summed E-state index contributed by atoms with van der Waals surface area (Å²) in [6.07, 6.45) is 2.65. The molecule has 0 bridgehead atoms. The molecule has 2 heteroatoms. The van der Waals surface area contributed by atoms with Gasteiger partial charge >= 0.3 is 0 Å². The Kier molecular flexibility index (Phi) is 3.75. The fraction of sp³-hybridized carbons (Fsp3) is 0.333. The lowest BCUT2D eigenvalue weighted by atomic mass is 10.0. The van der Waals surface area contributed by atoms with Gasteiger partial charge in [-0.25, -0.2) is 0 Å². The minimum Gasteiger partial charge on any atom is -0.394 e. The Labute approximate surface area is 120 Å². The molecule has 0 aromatic heterocycles. The summed E-state index contributed by atoms with van der Waals surface area (Å²) in [5.41, 5.74) is 4.84. The summed E-state index contributed by atoms with van der Waals surface area (Å²) in [5, 5.41) is 13.0. The minimum absolute atomic E-state index is 0.0509. The van der Waals surface area contributed by atoms with Crippen molar-refractivity contribution in [3.63, 3.8) is 0 Å². The minimum atomic E-state index is -0.0509. The molecule has 0 radical (unpaired) electrons. The summed E-state index contributed by atoms with van der Waals surface area (Å²) < 4.78 is 0. The highest BCUT2D eigenvalue weighted by molar-refractivity contribution is 5.48. The van der Waals surface area contributed by atoms with Crippen molar-refractivity contribution < 1.29 is 5.11 Å². The predicted octanol–water partition coefficient (Wildman–Crippen LogP) is 4.02. The Morgan fingerprint density at radius 3 is 2.50 bits per heavy atom. The second-order valence-electron chi connectivity index (χ2n) is 5.69. The highest BCUT2D eigenvalue weighted by atomic mass is 16.3. The SMILES string of the molecule is Cc1cccc(NC(CO)c2ccc(C3CC3)cc2)c1. The van der Waals surface area contributed by atoms with Gasteiger partial charge in [0.1, 0.15) is 0 Å². The maximum atomic E-state index is 9.64. The smallest absolute Gasteiger partial charge is 0.0745 e. The summed E-state index contributed by atoms with van der Waals surface area (Å²) in [4.78, 5) is 0. The normalized spacial score (nSPS) is 15.9. The quantitative estimate of drug-likeness (QED) is 0.857. The number of rotatable bonds is 5. The Morgan fingerprint density at radius 1 is 1.15 bits per heavy atom. The van der Waals surface area contributed by atoms with E-state index in [1.807, 2.05) is 12.1 Å². The number of aliphatic hydroxyl groups excluding tert-OH is 1. The molecule has 1 saturated carbocycles. The standard InChI is InChI=1S/C18H21NO/c1-13-3-2-4-17(11-13)19-18(12-20)16-9-7-15(8-10-16)14-5-6-14/h2-4,7-11,14,18-20H,5-6,12H2,1H3. The van der Waals surface area contributed by atoms with Crippen LogP contribution in [0.15, 0.2) is 48.5 Å². The van der Waals surface area contributed by atoms with Crippen LogP contribution in [-0.4, -0.2) is 11.7 Å². The van der Waals surface area contributed by atoms with E-state index in [0.717, 1.165) is 17.2 Å². The van der Waals surface area contributed by atoms with E-state index in [2.05, 4.69) is 48.6 Å². The van der Waals surface area contributed by atoms with E-state index in [1.165, 1.54) is 24.0 Å². The third-order valence-corrected chi connectivity index (χ3v) is 3.93. The van der Waals surface area contributed by atoms with Crippen LogP contribution in [-0.2, 0) is 0 Å². The molecule has 1 fully saturated rings. The molecule has 20 heavy (non-hydrogen) atoms. The largest absolute Gasteiger partial charge is 0.394 e. The summed E-state index contributed by atoms with van der Waals surface area (Å²) in [6, 6.07) is 16.9. The number of nitrogens with one attached hydrogen (secondary N) is 1. The van der Waals surface area contributed by atoms with Gasteiger partial charge < -0.3 is 10.4 Å². The van der Waals surface area contributed by atoms with Crippen molar-refractivity contribution in [3.8, 4) is 0 Å². The van der Waals surface area contributed by atoms with Crippen molar-refractivity contribution in [2.75, 3.05) is 11.9 Å². The predicted molar refractivity (Wildman–Crippen MR) is 83.0 cm³/mol. The van der Waals surface area contributed by atoms with Crippen LogP contribution in [0.1, 0.15) is 41.5 Å². The van der Waals surface area contributed by atoms with Gasteiger partial charge in [0.2, 0.25) is 0 Å². The van der Waals surface area contributed by atoms with Gasteiger partial charge in [-0.2, -0.15) is 0 Å². The Hall–Kier alpha value is -1.80.